The van der Waals surface area contributed by atoms with Crippen LogP contribution in [-0.2, 0) is 11.8 Å². The Morgan fingerprint density at radius 2 is 1.84 bits per heavy atom. The van der Waals surface area contributed by atoms with Gasteiger partial charge < -0.3 is 15.2 Å². The van der Waals surface area contributed by atoms with Crippen molar-refractivity contribution in [3.63, 3.8) is 0 Å². The number of halogens is 1. The number of hydrogen-bond donors (Lipinski definition) is 2. The summed E-state index contributed by atoms with van der Waals surface area (Å²) in [7, 11) is 1.81. The number of nitrogens with zero attached hydrogens (tertiary/aromatic N) is 4. The first-order valence-electron chi connectivity index (χ1n) is 9.53. The van der Waals surface area contributed by atoms with Crippen LogP contribution in [0.5, 0.6) is 0 Å². The van der Waals surface area contributed by atoms with Crippen molar-refractivity contribution in [2.45, 2.75) is 44.1 Å². The number of carbonyl (C=O) groups is 2. The maximum Gasteiger partial charge on any atom is 0.251 e. The second-order valence-corrected chi connectivity index (χ2v) is 9.96. The number of thiazole rings is 1. The summed E-state index contributed by atoms with van der Waals surface area (Å²) in [5, 5.41) is 15.5. The highest BCUT2D eigenvalue weighted by Gasteiger charge is 2.23. The first-order chi connectivity index (χ1) is 14.7. The van der Waals surface area contributed by atoms with Gasteiger partial charge in [-0.25, -0.2) is 4.98 Å². The van der Waals surface area contributed by atoms with Crippen LogP contribution in [-0.4, -0.2) is 36.8 Å². The zero-order valence-corrected chi connectivity index (χ0v) is 20.2. The van der Waals surface area contributed by atoms with Gasteiger partial charge in [0.25, 0.3) is 5.91 Å². The smallest absolute Gasteiger partial charge is 0.251 e. The average molecular weight is 479 g/mol. The lowest BCUT2D eigenvalue weighted by atomic mass is 10.2. The highest BCUT2D eigenvalue weighted by molar-refractivity contribution is 8.00. The summed E-state index contributed by atoms with van der Waals surface area (Å²) < 4.78 is 1.78. The van der Waals surface area contributed by atoms with Crippen LogP contribution in [0.15, 0.2) is 29.4 Å². The topological polar surface area (TPSA) is 102 Å². The fourth-order valence-corrected chi connectivity index (χ4v) is 4.46. The molecule has 1 aromatic carbocycles. The maximum atomic E-state index is 12.5. The first kappa shape index (κ1) is 23.2. The van der Waals surface area contributed by atoms with Crippen molar-refractivity contribution in [3.8, 4) is 0 Å². The van der Waals surface area contributed by atoms with Crippen LogP contribution >= 0.6 is 34.7 Å². The third-order valence-corrected chi connectivity index (χ3v) is 6.99. The quantitative estimate of drug-likeness (QED) is 0.494. The number of aryl methyl sites for hydroxylation is 2. The van der Waals surface area contributed by atoms with E-state index >= 15 is 0 Å². The van der Waals surface area contributed by atoms with Gasteiger partial charge in [-0.3, -0.25) is 9.59 Å². The lowest BCUT2D eigenvalue weighted by Gasteiger charge is -2.14. The lowest BCUT2D eigenvalue weighted by Crippen LogP contribution is -2.28. The molecule has 2 aromatic heterocycles. The Balaban J connectivity index is 1.62. The molecule has 0 radical (unpaired) electrons. The average Bonchev–Trinajstić information content (AvgIpc) is 3.23. The largest absolute Gasteiger partial charge is 0.342 e. The van der Waals surface area contributed by atoms with Gasteiger partial charge in [0.2, 0.25) is 5.91 Å². The van der Waals surface area contributed by atoms with Crippen LogP contribution < -0.4 is 10.6 Å². The number of carbonyl (C=O) groups excluding carboxylic acids is 2. The molecule has 0 unspecified atom stereocenters. The monoisotopic (exact) mass is 478 g/mol. The summed E-state index contributed by atoms with van der Waals surface area (Å²) in [4.78, 5) is 30.4. The summed E-state index contributed by atoms with van der Waals surface area (Å²) in [5.74, 6) is 0.194. The van der Waals surface area contributed by atoms with Crippen LogP contribution in [0.4, 0.5) is 5.13 Å². The molecule has 0 bridgehead atoms. The van der Waals surface area contributed by atoms with Crippen molar-refractivity contribution >= 4 is 51.6 Å². The highest BCUT2D eigenvalue weighted by atomic mass is 35.5. The van der Waals surface area contributed by atoms with Gasteiger partial charge in [-0.15, -0.1) is 21.5 Å². The van der Waals surface area contributed by atoms with Crippen molar-refractivity contribution in [1.29, 1.82) is 0 Å². The third kappa shape index (κ3) is 5.63. The van der Waals surface area contributed by atoms with E-state index in [2.05, 4.69) is 25.8 Å². The molecule has 0 saturated heterocycles. The predicted molar refractivity (Wildman–Crippen MR) is 124 cm³/mol. The van der Waals surface area contributed by atoms with Crippen molar-refractivity contribution in [2.75, 3.05) is 5.32 Å². The van der Waals surface area contributed by atoms with E-state index < -0.39 is 5.25 Å². The summed E-state index contributed by atoms with van der Waals surface area (Å²) in [6.45, 7) is 7.51. The maximum absolute atomic E-state index is 12.5. The van der Waals surface area contributed by atoms with E-state index in [1.807, 2.05) is 20.8 Å². The molecule has 0 saturated carbocycles. The first-order valence-corrected chi connectivity index (χ1v) is 11.6. The van der Waals surface area contributed by atoms with Gasteiger partial charge in [0.15, 0.2) is 16.1 Å². The molecule has 0 fully saturated rings. The molecule has 0 aliphatic carbocycles. The molecule has 11 heteroatoms. The fourth-order valence-electron chi connectivity index (χ4n) is 2.70. The highest BCUT2D eigenvalue weighted by Crippen LogP contribution is 2.26. The van der Waals surface area contributed by atoms with Crippen molar-refractivity contribution in [1.82, 2.24) is 25.1 Å². The van der Waals surface area contributed by atoms with Crippen LogP contribution in [0.25, 0.3) is 0 Å². The number of rotatable bonds is 7. The molecule has 2 amide bonds. The third-order valence-electron chi connectivity index (χ3n) is 4.62. The Kier molecular flexibility index (Phi) is 7.34. The van der Waals surface area contributed by atoms with Crippen molar-refractivity contribution in [2.24, 2.45) is 7.05 Å². The number of hydrogen-bond acceptors (Lipinski definition) is 7. The Labute approximate surface area is 193 Å². The Morgan fingerprint density at radius 3 is 2.45 bits per heavy atom. The van der Waals surface area contributed by atoms with Gasteiger partial charge in [0, 0.05) is 22.5 Å². The van der Waals surface area contributed by atoms with Crippen molar-refractivity contribution < 1.29 is 9.59 Å². The Hall–Kier alpha value is -2.43. The molecule has 2 N–H and O–H groups in total. The Morgan fingerprint density at radius 1 is 1.16 bits per heavy atom. The predicted octanol–water partition coefficient (Wildman–Crippen LogP) is 4.15. The number of thioether (sulfide) groups is 1. The van der Waals surface area contributed by atoms with E-state index in [0.717, 1.165) is 10.6 Å². The number of nitrogens with one attached hydrogen (secondary N) is 2. The minimum absolute atomic E-state index is 0.160. The van der Waals surface area contributed by atoms with Gasteiger partial charge in [0.1, 0.15) is 0 Å². The molecule has 31 heavy (non-hydrogen) atoms. The number of benzene rings is 1. The molecule has 0 spiro atoms. The van der Waals surface area contributed by atoms with Gasteiger partial charge in [0.05, 0.1) is 17.0 Å². The summed E-state index contributed by atoms with van der Waals surface area (Å²) in [5.41, 5.74) is 1.42. The molecule has 2 heterocycles. The zero-order chi connectivity index (χ0) is 22.7. The number of anilines is 1. The van der Waals surface area contributed by atoms with Gasteiger partial charge in [-0.05, 0) is 52.0 Å². The van der Waals surface area contributed by atoms with Crippen LogP contribution in [0.2, 0.25) is 5.02 Å². The van der Waals surface area contributed by atoms with E-state index in [0.29, 0.717) is 26.7 Å². The molecule has 8 nitrogen and oxygen atoms in total. The van der Waals surface area contributed by atoms with Gasteiger partial charge >= 0.3 is 0 Å². The molecule has 0 aliphatic heterocycles. The SMILES string of the molecule is Cc1nc(NC(=O)[C@H](C)Sc2nnc([C@H](C)NC(=O)c3ccc(Cl)cc3)n2C)sc1C. The van der Waals surface area contributed by atoms with Crippen LogP contribution in [0.3, 0.4) is 0 Å². The molecule has 3 rings (SSSR count). The van der Waals surface area contributed by atoms with E-state index in [4.69, 9.17) is 11.6 Å². The second-order valence-electron chi connectivity index (χ2n) is 7.01. The zero-order valence-electron chi connectivity index (χ0n) is 17.8. The molecular formula is C20H23ClN6O2S2. The van der Waals surface area contributed by atoms with Crippen molar-refractivity contribution in [3.05, 3.63) is 51.2 Å². The van der Waals surface area contributed by atoms with Gasteiger partial charge in [-0.2, -0.15) is 0 Å². The minimum atomic E-state index is -0.403. The van der Waals surface area contributed by atoms with Crippen LogP contribution in [0, 0.1) is 13.8 Å². The summed E-state index contributed by atoms with van der Waals surface area (Å²) >= 11 is 8.61. The molecule has 0 aliphatic rings. The standard InChI is InChI=1S/C20H23ClN6O2S2/c1-10-12(3)30-19(23-10)24-17(28)13(4)31-20-26-25-16(27(20)5)11(2)22-18(29)14-6-8-15(21)9-7-14/h6-9,11,13H,1-5H3,(H,22,29)(H,23,24,28)/t11-,13-/m0/s1. The normalized spacial score (nSPS) is 13.0. The fraction of sp³-hybridized carbons (Fsp3) is 0.350. The summed E-state index contributed by atoms with van der Waals surface area (Å²) in [6, 6.07) is 6.28. The summed E-state index contributed by atoms with van der Waals surface area (Å²) in [6.07, 6.45) is 0. The molecule has 3 aromatic rings. The second kappa shape index (κ2) is 9.80. The minimum Gasteiger partial charge on any atom is -0.342 e. The lowest BCUT2D eigenvalue weighted by molar-refractivity contribution is -0.115. The van der Waals surface area contributed by atoms with Gasteiger partial charge in [-0.1, -0.05) is 23.4 Å². The number of amides is 2. The molecule has 2 atom stereocenters. The van der Waals surface area contributed by atoms with Crippen LogP contribution in [0.1, 0.15) is 46.6 Å². The Bertz CT molecular complexity index is 1080. The molecular weight excluding hydrogens is 456 g/mol. The van der Waals surface area contributed by atoms with E-state index in [9.17, 15) is 9.59 Å². The molecule has 164 valence electrons. The number of aromatic nitrogens is 4. The van der Waals surface area contributed by atoms with E-state index in [-0.39, 0.29) is 17.9 Å². The van der Waals surface area contributed by atoms with E-state index in [1.165, 1.54) is 23.1 Å². The van der Waals surface area contributed by atoms with E-state index in [1.54, 1.807) is 42.8 Å².